The van der Waals surface area contributed by atoms with Gasteiger partial charge in [0.1, 0.15) is 5.00 Å². The highest BCUT2D eigenvalue weighted by Crippen LogP contribution is 2.40. The fourth-order valence-electron chi connectivity index (χ4n) is 3.88. The van der Waals surface area contributed by atoms with Crippen LogP contribution in [-0.2, 0) is 17.6 Å². The molecule has 2 fully saturated rings. The number of carbonyl (C=O) groups is 2. The Balaban J connectivity index is 1.38. The second kappa shape index (κ2) is 7.86. The molecule has 2 aromatic rings. The van der Waals surface area contributed by atoms with Gasteiger partial charge in [0.05, 0.1) is 5.56 Å². The van der Waals surface area contributed by atoms with E-state index < -0.39 is 0 Å². The van der Waals surface area contributed by atoms with Gasteiger partial charge in [0, 0.05) is 35.6 Å². The molecule has 5 rings (SSSR count). The summed E-state index contributed by atoms with van der Waals surface area (Å²) in [7, 11) is 0. The summed E-state index contributed by atoms with van der Waals surface area (Å²) in [6.07, 6.45) is 8.09. The molecule has 3 aliphatic rings. The van der Waals surface area contributed by atoms with Gasteiger partial charge < -0.3 is 20.9 Å². The predicted octanol–water partition coefficient (Wildman–Crippen LogP) is 2.29. The Labute approximate surface area is 177 Å². The molecule has 2 amide bonds. The number of hydrogen-bond acceptors (Lipinski definition) is 6. The zero-order chi connectivity index (χ0) is 20.7. The molecule has 4 N–H and O–H groups in total. The zero-order valence-electron chi connectivity index (χ0n) is 16.6. The minimum absolute atomic E-state index is 0.0191. The fraction of sp³-hybridized carbons (Fsp3) is 0.524. The molecule has 158 valence electrons. The summed E-state index contributed by atoms with van der Waals surface area (Å²) >= 11 is 1.53. The lowest BCUT2D eigenvalue weighted by Gasteiger charge is -2.24. The Bertz CT molecular complexity index is 1040. The lowest BCUT2D eigenvalue weighted by Crippen LogP contribution is -2.31. The summed E-state index contributed by atoms with van der Waals surface area (Å²) in [5.41, 5.74) is 1.32. The van der Waals surface area contributed by atoms with Crippen molar-refractivity contribution < 1.29 is 9.59 Å². The van der Waals surface area contributed by atoms with E-state index in [1.807, 2.05) is 0 Å². The highest BCUT2D eigenvalue weighted by Gasteiger charge is 2.34. The minimum Gasteiger partial charge on any atom is -0.353 e. The standard InChI is InChI=1S/C21H25N5O3S/c27-16-7-8-22-21(25-16)24-13-5-6-15-14(9-13)17(19(29)23-10-11-1-2-11)20(30-15)26-18(28)12-3-4-12/h7-8,11-13H,1-6,9-10H2,(H,23,29)(H,26,28)(H2,22,24,25,27). The van der Waals surface area contributed by atoms with Crippen molar-refractivity contribution in [3.8, 4) is 0 Å². The van der Waals surface area contributed by atoms with Crippen molar-refractivity contribution in [2.45, 2.75) is 51.0 Å². The monoisotopic (exact) mass is 427 g/mol. The van der Waals surface area contributed by atoms with Crippen LogP contribution in [0.5, 0.6) is 0 Å². The molecule has 0 spiro atoms. The third-order valence-electron chi connectivity index (χ3n) is 5.93. The van der Waals surface area contributed by atoms with Crippen LogP contribution in [0, 0.1) is 11.8 Å². The largest absolute Gasteiger partial charge is 0.353 e. The third-order valence-corrected chi connectivity index (χ3v) is 7.14. The van der Waals surface area contributed by atoms with E-state index in [1.165, 1.54) is 30.2 Å². The number of aryl methyl sites for hydroxylation is 1. The maximum atomic E-state index is 13.1. The first-order valence-electron chi connectivity index (χ1n) is 10.6. The number of nitrogens with zero attached hydrogens (tertiary/aromatic N) is 1. The number of aromatic amines is 1. The van der Waals surface area contributed by atoms with Crippen molar-refractivity contribution in [1.82, 2.24) is 15.3 Å². The highest BCUT2D eigenvalue weighted by atomic mass is 32.1. The van der Waals surface area contributed by atoms with Crippen LogP contribution in [0.3, 0.4) is 0 Å². The van der Waals surface area contributed by atoms with Crippen LogP contribution in [-0.4, -0.2) is 34.4 Å². The summed E-state index contributed by atoms with van der Waals surface area (Å²) in [5.74, 6) is 1.03. The molecule has 3 aliphatic carbocycles. The lowest BCUT2D eigenvalue weighted by molar-refractivity contribution is -0.117. The Morgan fingerprint density at radius 1 is 1.20 bits per heavy atom. The van der Waals surface area contributed by atoms with Crippen molar-refractivity contribution in [2.24, 2.45) is 11.8 Å². The van der Waals surface area contributed by atoms with E-state index in [9.17, 15) is 14.4 Å². The number of nitrogens with one attached hydrogen (secondary N) is 4. The van der Waals surface area contributed by atoms with Gasteiger partial charge in [-0.05, 0) is 56.4 Å². The lowest BCUT2D eigenvalue weighted by atomic mass is 9.91. The van der Waals surface area contributed by atoms with Crippen molar-refractivity contribution in [2.75, 3.05) is 17.2 Å². The average molecular weight is 428 g/mol. The maximum Gasteiger partial charge on any atom is 0.274 e. The van der Waals surface area contributed by atoms with E-state index in [1.54, 1.807) is 6.20 Å². The molecule has 8 nitrogen and oxygen atoms in total. The van der Waals surface area contributed by atoms with Gasteiger partial charge >= 0.3 is 0 Å². The first-order valence-corrected chi connectivity index (χ1v) is 11.4. The van der Waals surface area contributed by atoms with Crippen molar-refractivity contribution >= 4 is 34.1 Å². The second-order valence-electron chi connectivity index (χ2n) is 8.49. The molecule has 0 aliphatic heterocycles. The number of hydrogen-bond donors (Lipinski definition) is 4. The number of anilines is 2. The molecule has 9 heteroatoms. The Morgan fingerprint density at radius 2 is 2.03 bits per heavy atom. The van der Waals surface area contributed by atoms with Crippen molar-refractivity contribution in [3.63, 3.8) is 0 Å². The number of thiophene rings is 1. The predicted molar refractivity (Wildman–Crippen MR) is 115 cm³/mol. The molecule has 1 atom stereocenters. The maximum absolute atomic E-state index is 13.1. The summed E-state index contributed by atoms with van der Waals surface area (Å²) in [6.45, 7) is 0.691. The van der Waals surface area contributed by atoms with Crippen LogP contribution in [0.25, 0.3) is 0 Å². The molecule has 2 saturated carbocycles. The highest BCUT2D eigenvalue weighted by molar-refractivity contribution is 7.17. The number of H-pyrrole nitrogens is 1. The van der Waals surface area contributed by atoms with Crippen molar-refractivity contribution in [3.05, 3.63) is 38.6 Å². The molecule has 30 heavy (non-hydrogen) atoms. The Hall–Kier alpha value is -2.68. The van der Waals surface area contributed by atoms with Crippen LogP contribution in [0.4, 0.5) is 10.9 Å². The summed E-state index contributed by atoms with van der Waals surface area (Å²) in [5, 5.41) is 10.1. The molecule has 0 bridgehead atoms. The van der Waals surface area contributed by atoms with Gasteiger partial charge in [-0.1, -0.05) is 0 Å². The first kappa shape index (κ1) is 19.3. The normalized spacial score (nSPS) is 20.3. The van der Waals surface area contributed by atoms with E-state index in [0.29, 0.717) is 35.4 Å². The number of fused-ring (bicyclic) bond motifs is 1. The molecule has 2 aromatic heterocycles. The zero-order valence-corrected chi connectivity index (χ0v) is 17.4. The van der Waals surface area contributed by atoms with Crippen LogP contribution in [0.2, 0.25) is 0 Å². The fourth-order valence-corrected chi connectivity index (χ4v) is 5.13. The smallest absolute Gasteiger partial charge is 0.274 e. The SMILES string of the molecule is O=C(NCC1CC1)c1c(NC(=O)C2CC2)sc2c1CC(Nc1nc(=O)cc[nH]1)CC2. The quantitative estimate of drug-likeness (QED) is 0.541. The van der Waals surface area contributed by atoms with Crippen LogP contribution >= 0.6 is 11.3 Å². The molecule has 0 radical (unpaired) electrons. The van der Waals surface area contributed by atoms with E-state index in [4.69, 9.17) is 0 Å². The minimum atomic E-state index is -0.298. The van der Waals surface area contributed by atoms with E-state index >= 15 is 0 Å². The first-order chi connectivity index (χ1) is 14.6. The summed E-state index contributed by atoms with van der Waals surface area (Å²) in [6, 6.07) is 1.43. The molecule has 0 saturated heterocycles. The van der Waals surface area contributed by atoms with E-state index in [0.717, 1.165) is 36.1 Å². The van der Waals surface area contributed by atoms with Crippen LogP contribution in [0.15, 0.2) is 17.1 Å². The van der Waals surface area contributed by atoms with Gasteiger partial charge in [0.15, 0.2) is 0 Å². The van der Waals surface area contributed by atoms with E-state index in [-0.39, 0.29) is 29.3 Å². The summed E-state index contributed by atoms with van der Waals surface area (Å²) < 4.78 is 0. The number of aromatic nitrogens is 2. The third kappa shape index (κ3) is 4.26. The topological polar surface area (TPSA) is 116 Å². The van der Waals surface area contributed by atoms with Gasteiger partial charge in [0.2, 0.25) is 11.9 Å². The van der Waals surface area contributed by atoms with Gasteiger partial charge in [-0.3, -0.25) is 14.4 Å². The van der Waals surface area contributed by atoms with Gasteiger partial charge in [-0.15, -0.1) is 11.3 Å². The van der Waals surface area contributed by atoms with Gasteiger partial charge in [-0.2, -0.15) is 4.98 Å². The number of amides is 2. The molecule has 2 heterocycles. The Kier molecular flexibility index (Phi) is 5.06. The Morgan fingerprint density at radius 3 is 2.77 bits per heavy atom. The summed E-state index contributed by atoms with van der Waals surface area (Å²) in [4.78, 5) is 45.0. The molecular formula is C21H25N5O3S. The second-order valence-corrected chi connectivity index (χ2v) is 9.59. The number of rotatable bonds is 7. The average Bonchev–Trinajstić information content (AvgIpc) is 3.63. The molecule has 0 aromatic carbocycles. The van der Waals surface area contributed by atoms with Gasteiger partial charge in [0.25, 0.3) is 11.5 Å². The van der Waals surface area contributed by atoms with Crippen LogP contribution in [0.1, 0.15) is 52.9 Å². The van der Waals surface area contributed by atoms with Gasteiger partial charge in [-0.25, -0.2) is 0 Å². The number of carbonyl (C=O) groups excluding carboxylic acids is 2. The van der Waals surface area contributed by atoms with E-state index in [2.05, 4.69) is 25.9 Å². The van der Waals surface area contributed by atoms with Crippen molar-refractivity contribution in [1.29, 1.82) is 0 Å². The molecule has 1 unspecified atom stereocenters. The molecular weight excluding hydrogens is 402 g/mol. The van der Waals surface area contributed by atoms with Crippen LogP contribution < -0.4 is 21.5 Å².